The number of imidazole rings is 1. The molecule has 1 aliphatic carbocycles. The molecule has 0 amide bonds. The van der Waals surface area contributed by atoms with Crippen molar-refractivity contribution in [3.8, 4) is 0 Å². The fraction of sp³-hybridized carbons (Fsp3) is 0.615. The third kappa shape index (κ3) is 2.46. The minimum absolute atomic E-state index is 0.194. The fourth-order valence-electron chi connectivity index (χ4n) is 2.80. The lowest BCUT2D eigenvalue weighted by Crippen LogP contribution is -2.33. The summed E-state index contributed by atoms with van der Waals surface area (Å²) < 4.78 is 7.03. The van der Waals surface area contributed by atoms with Crippen LogP contribution in [0.15, 0.2) is 6.33 Å². The standard InChI is InChI=1S/C13H19N7O4/c14-19-13-17-10(16-5-1-2-5)7-11(18-13)20(4-15-7)12-9(23)8(22)6(3-21)24-12/h4-6,8-9,12,21-23H,1-3,14H2,(H2,16,17,18,19)/t6-,8+,9+,12-/m1/s1. The van der Waals surface area contributed by atoms with Gasteiger partial charge in [0.05, 0.1) is 12.9 Å². The molecule has 2 fully saturated rings. The number of nitrogens with two attached hydrogens (primary N) is 1. The van der Waals surface area contributed by atoms with Gasteiger partial charge in [0, 0.05) is 6.04 Å². The third-order valence-electron chi connectivity index (χ3n) is 4.26. The molecule has 2 aromatic heterocycles. The summed E-state index contributed by atoms with van der Waals surface area (Å²) in [6.07, 6.45) is -0.632. The van der Waals surface area contributed by atoms with Crippen LogP contribution in [0, 0.1) is 0 Å². The van der Waals surface area contributed by atoms with Crippen LogP contribution in [0.2, 0.25) is 0 Å². The fourth-order valence-corrected chi connectivity index (χ4v) is 2.80. The largest absolute Gasteiger partial charge is 0.394 e. The number of hydrazine groups is 1. The molecule has 11 heteroatoms. The van der Waals surface area contributed by atoms with Crippen molar-refractivity contribution < 1.29 is 20.1 Å². The molecule has 1 saturated carbocycles. The van der Waals surface area contributed by atoms with Crippen LogP contribution in [-0.4, -0.2) is 65.8 Å². The predicted octanol–water partition coefficient (Wildman–Crippen LogP) is -1.70. The van der Waals surface area contributed by atoms with Gasteiger partial charge < -0.3 is 25.4 Å². The summed E-state index contributed by atoms with van der Waals surface area (Å²) in [6, 6.07) is 0.354. The van der Waals surface area contributed by atoms with Crippen LogP contribution in [0.5, 0.6) is 0 Å². The van der Waals surface area contributed by atoms with Gasteiger partial charge in [-0.15, -0.1) is 0 Å². The SMILES string of the molecule is NNc1nc(NC2CC2)c2ncn([C@@H]3O[C@H](CO)[C@H](O)[C@@H]3O)c2n1. The first-order chi connectivity index (χ1) is 11.6. The van der Waals surface area contributed by atoms with E-state index in [1.54, 1.807) is 0 Å². The number of fused-ring (bicyclic) bond motifs is 1. The van der Waals surface area contributed by atoms with Crippen molar-refractivity contribution in [1.82, 2.24) is 19.5 Å². The number of aliphatic hydroxyl groups is 3. The Balaban J connectivity index is 1.76. The van der Waals surface area contributed by atoms with Gasteiger partial charge in [-0.1, -0.05) is 0 Å². The maximum Gasteiger partial charge on any atom is 0.241 e. The zero-order chi connectivity index (χ0) is 16.8. The summed E-state index contributed by atoms with van der Waals surface area (Å²) in [4.78, 5) is 12.9. The minimum atomic E-state index is -1.22. The molecule has 11 nitrogen and oxygen atoms in total. The van der Waals surface area contributed by atoms with E-state index in [9.17, 15) is 15.3 Å². The summed E-state index contributed by atoms with van der Waals surface area (Å²) in [7, 11) is 0. The summed E-state index contributed by atoms with van der Waals surface area (Å²) in [6.45, 7) is -0.402. The molecule has 3 heterocycles. The molecule has 0 bridgehead atoms. The van der Waals surface area contributed by atoms with Crippen LogP contribution in [-0.2, 0) is 4.74 Å². The highest BCUT2D eigenvalue weighted by molar-refractivity contribution is 5.84. The van der Waals surface area contributed by atoms with Crippen LogP contribution in [0.4, 0.5) is 11.8 Å². The molecule has 1 saturated heterocycles. The van der Waals surface area contributed by atoms with E-state index in [0.29, 0.717) is 23.0 Å². The van der Waals surface area contributed by atoms with E-state index in [1.165, 1.54) is 10.9 Å². The average Bonchev–Trinajstić information content (AvgIpc) is 3.23. The molecule has 4 atom stereocenters. The van der Waals surface area contributed by atoms with E-state index in [1.807, 2.05) is 0 Å². The highest BCUT2D eigenvalue weighted by Gasteiger charge is 2.44. The number of nitrogen functional groups attached to an aromatic ring is 1. The summed E-state index contributed by atoms with van der Waals surface area (Å²) in [5.74, 6) is 6.17. The molecule has 2 aliphatic rings. The monoisotopic (exact) mass is 337 g/mol. The van der Waals surface area contributed by atoms with E-state index in [2.05, 4.69) is 25.7 Å². The maximum absolute atomic E-state index is 10.2. The van der Waals surface area contributed by atoms with Crippen molar-refractivity contribution in [2.45, 2.75) is 43.4 Å². The molecule has 0 spiro atoms. The lowest BCUT2D eigenvalue weighted by molar-refractivity contribution is -0.0511. The van der Waals surface area contributed by atoms with E-state index < -0.39 is 31.1 Å². The second-order valence-electron chi connectivity index (χ2n) is 6.01. The minimum Gasteiger partial charge on any atom is -0.394 e. The Kier molecular flexibility index (Phi) is 3.73. The Morgan fingerprint density at radius 1 is 1.29 bits per heavy atom. The number of rotatable bonds is 5. The van der Waals surface area contributed by atoms with Crippen LogP contribution in [0.1, 0.15) is 19.1 Å². The maximum atomic E-state index is 10.2. The van der Waals surface area contributed by atoms with Crippen molar-refractivity contribution in [3.05, 3.63) is 6.33 Å². The van der Waals surface area contributed by atoms with Gasteiger partial charge in [-0.2, -0.15) is 9.97 Å². The average molecular weight is 337 g/mol. The van der Waals surface area contributed by atoms with Gasteiger partial charge >= 0.3 is 0 Å². The molecule has 0 radical (unpaired) electrons. The van der Waals surface area contributed by atoms with Gasteiger partial charge in [0.25, 0.3) is 0 Å². The highest BCUT2D eigenvalue weighted by Crippen LogP contribution is 2.33. The zero-order valence-electron chi connectivity index (χ0n) is 12.7. The molecular formula is C13H19N7O4. The molecule has 4 rings (SSSR count). The first-order valence-corrected chi connectivity index (χ1v) is 7.72. The van der Waals surface area contributed by atoms with E-state index in [4.69, 9.17) is 10.6 Å². The second kappa shape index (κ2) is 5.79. The van der Waals surface area contributed by atoms with Crippen LogP contribution < -0.4 is 16.6 Å². The van der Waals surface area contributed by atoms with Crippen LogP contribution in [0.25, 0.3) is 11.2 Å². The number of anilines is 2. The number of hydrogen-bond acceptors (Lipinski definition) is 10. The Morgan fingerprint density at radius 2 is 2.08 bits per heavy atom. The zero-order valence-corrected chi connectivity index (χ0v) is 12.7. The van der Waals surface area contributed by atoms with Gasteiger partial charge in [-0.25, -0.2) is 10.8 Å². The van der Waals surface area contributed by atoms with Gasteiger partial charge in [0.15, 0.2) is 23.2 Å². The molecule has 2 aromatic rings. The molecule has 24 heavy (non-hydrogen) atoms. The van der Waals surface area contributed by atoms with Gasteiger partial charge in [-0.05, 0) is 12.8 Å². The number of ether oxygens (including phenoxy) is 1. The summed E-state index contributed by atoms with van der Waals surface area (Å²) >= 11 is 0. The van der Waals surface area contributed by atoms with Crippen LogP contribution >= 0.6 is 0 Å². The van der Waals surface area contributed by atoms with E-state index in [0.717, 1.165) is 12.8 Å². The van der Waals surface area contributed by atoms with E-state index >= 15 is 0 Å². The Morgan fingerprint density at radius 3 is 2.71 bits per heavy atom. The Bertz CT molecular complexity index is 749. The van der Waals surface area contributed by atoms with Gasteiger partial charge in [0.2, 0.25) is 5.95 Å². The normalized spacial score (nSPS) is 30.0. The quantitative estimate of drug-likeness (QED) is 0.274. The number of hydrogen-bond donors (Lipinski definition) is 6. The first kappa shape index (κ1) is 15.5. The van der Waals surface area contributed by atoms with Crippen LogP contribution in [0.3, 0.4) is 0 Å². The molecule has 130 valence electrons. The summed E-state index contributed by atoms with van der Waals surface area (Å²) in [5.41, 5.74) is 3.32. The summed E-state index contributed by atoms with van der Waals surface area (Å²) in [5, 5.41) is 32.6. The number of nitrogens with one attached hydrogen (secondary N) is 2. The topological polar surface area (TPSA) is 164 Å². The lowest BCUT2D eigenvalue weighted by Gasteiger charge is -2.17. The van der Waals surface area contributed by atoms with E-state index in [-0.39, 0.29) is 5.95 Å². The Labute approximate surface area is 136 Å². The molecule has 0 unspecified atom stereocenters. The van der Waals surface area contributed by atoms with Crippen molar-refractivity contribution in [2.75, 3.05) is 17.3 Å². The van der Waals surface area contributed by atoms with Crippen molar-refractivity contribution in [3.63, 3.8) is 0 Å². The van der Waals surface area contributed by atoms with Crippen molar-refractivity contribution >= 4 is 22.9 Å². The van der Waals surface area contributed by atoms with Gasteiger partial charge in [0.1, 0.15) is 18.3 Å². The third-order valence-corrected chi connectivity index (χ3v) is 4.26. The molecule has 0 aromatic carbocycles. The van der Waals surface area contributed by atoms with Crippen molar-refractivity contribution in [2.24, 2.45) is 5.84 Å². The lowest BCUT2D eigenvalue weighted by atomic mass is 10.1. The molecular weight excluding hydrogens is 318 g/mol. The number of aliphatic hydroxyl groups excluding tert-OH is 3. The number of aromatic nitrogens is 4. The predicted molar refractivity (Wildman–Crippen MR) is 82.8 cm³/mol. The van der Waals surface area contributed by atoms with Gasteiger partial charge in [-0.3, -0.25) is 9.99 Å². The molecule has 7 N–H and O–H groups in total. The Hall–Kier alpha value is -2.05. The van der Waals surface area contributed by atoms with Crippen molar-refractivity contribution in [1.29, 1.82) is 0 Å². The second-order valence-corrected chi connectivity index (χ2v) is 6.01. The molecule has 1 aliphatic heterocycles. The first-order valence-electron chi connectivity index (χ1n) is 7.72. The number of nitrogens with zero attached hydrogens (tertiary/aromatic N) is 4. The smallest absolute Gasteiger partial charge is 0.241 e. The highest BCUT2D eigenvalue weighted by atomic mass is 16.6.